The van der Waals surface area contributed by atoms with Crippen LogP contribution in [-0.4, -0.2) is 18.6 Å². The van der Waals surface area contributed by atoms with Gasteiger partial charge in [-0.25, -0.2) is 8.42 Å². The highest BCUT2D eigenvalue weighted by Gasteiger charge is 2.13. The third-order valence-corrected chi connectivity index (χ3v) is 5.89. The predicted molar refractivity (Wildman–Crippen MR) is 87.7 cm³/mol. The maximum Gasteiger partial charge on any atom is 0.261 e. The Morgan fingerprint density at radius 2 is 1.73 bits per heavy atom. The summed E-state index contributed by atoms with van der Waals surface area (Å²) in [5, 5.41) is 7.73. The topological polar surface area (TPSA) is 72.0 Å². The smallest absolute Gasteiger partial charge is 0.261 e. The Balaban J connectivity index is 1.73. The normalized spacial score (nSPS) is 11.3. The van der Waals surface area contributed by atoms with Crippen LogP contribution in [0.4, 0.5) is 5.69 Å². The molecular weight excluding hydrogens is 338 g/mol. The Morgan fingerprint density at radius 3 is 2.36 bits per heavy atom. The predicted octanol–water partition coefficient (Wildman–Crippen LogP) is 3.49. The molecule has 1 heterocycles. The minimum absolute atomic E-state index is 0.238. The molecule has 1 N–H and O–H groups in total. The molecule has 0 aliphatic carbocycles. The lowest BCUT2D eigenvalue weighted by atomic mass is 10.3. The van der Waals surface area contributed by atoms with Crippen molar-refractivity contribution in [2.24, 2.45) is 0 Å². The van der Waals surface area contributed by atoms with Gasteiger partial charge < -0.3 is 0 Å². The minimum atomic E-state index is -3.55. The van der Waals surface area contributed by atoms with Crippen molar-refractivity contribution in [3.8, 4) is 0 Å². The lowest BCUT2D eigenvalue weighted by Crippen LogP contribution is -2.12. The van der Waals surface area contributed by atoms with Gasteiger partial charge in [0.1, 0.15) is 5.51 Å². The second-order valence-corrected chi connectivity index (χ2v) is 8.09. The van der Waals surface area contributed by atoms with Crippen LogP contribution in [0.2, 0.25) is 0 Å². The molecule has 5 nitrogen and oxygen atoms in total. The van der Waals surface area contributed by atoms with Gasteiger partial charge in [0.25, 0.3) is 10.0 Å². The largest absolute Gasteiger partial charge is 0.280 e. The van der Waals surface area contributed by atoms with Gasteiger partial charge in [0.15, 0.2) is 4.34 Å². The van der Waals surface area contributed by atoms with Crippen LogP contribution in [-0.2, 0) is 10.0 Å². The lowest BCUT2D eigenvalue weighted by molar-refractivity contribution is 0.601. The SMILES string of the molecule is O=S(=O)(Nc1ccc(Sc2nncs2)cc1)c1ccccc1. The Bertz CT molecular complexity index is 833. The Hall–Kier alpha value is -1.90. The van der Waals surface area contributed by atoms with E-state index in [2.05, 4.69) is 14.9 Å². The molecule has 0 amide bonds. The standard InChI is InChI=1S/C14H11N3O2S3/c18-22(19,13-4-2-1-3-5-13)17-11-6-8-12(9-7-11)21-14-16-15-10-20-14/h1-10,17H. The summed E-state index contributed by atoms with van der Waals surface area (Å²) in [7, 11) is -3.55. The summed E-state index contributed by atoms with van der Waals surface area (Å²) in [6, 6.07) is 15.4. The van der Waals surface area contributed by atoms with Crippen LogP contribution < -0.4 is 4.72 Å². The van der Waals surface area contributed by atoms with E-state index in [4.69, 9.17) is 0 Å². The van der Waals surface area contributed by atoms with Crippen LogP contribution >= 0.6 is 23.1 Å². The van der Waals surface area contributed by atoms with E-state index < -0.39 is 10.0 Å². The molecule has 0 radical (unpaired) electrons. The molecule has 0 spiro atoms. The van der Waals surface area contributed by atoms with Crippen LogP contribution in [0, 0.1) is 0 Å². The van der Waals surface area contributed by atoms with E-state index in [9.17, 15) is 8.42 Å². The first-order chi connectivity index (χ1) is 10.6. The Morgan fingerprint density at radius 1 is 1.00 bits per heavy atom. The van der Waals surface area contributed by atoms with Gasteiger partial charge in [0.2, 0.25) is 0 Å². The van der Waals surface area contributed by atoms with Crippen molar-refractivity contribution in [2.45, 2.75) is 14.1 Å². The molecule has 8 heteroatoms. The summed E-state index contributed by atoms with van der Waals surface area (Å²) >= 11 is 2.94. The molecule has 0 unspecified atom stereocenters. The maximum atomic E-state index is 12.2. The zero-order valence-electron chi connectivity index (χ0n) is 11.2. The van der Waals surface area contributed by atoms with Crippen LogP contribution in [0.15, 0.2) is 74.2 Å². The number of rotatable bonds is 5. The molecule has 0 fully saturated rings. The summed E-state index contributed by atoms with van der Waals surface area (Å²) in [4.78, 5) is 1.21. The number of nitrogens with one attached hydrogen (secondary N) is 1. The highest BCUT2D eigenvalue weighted by Crippen LogP contribution is 2.29. The number of sulfonamides is 1. The molecule has 0 atom stereocenters. The highest BCUT2D eigenvalue weighted by atomic mass is 32.2. The van der Waals surface area contributed by atoms with Crippen LogP contribution in [0.25, 0.3) is 0 Å². The van der Waals surface area contributed by atoms with Crippen LogP contribution in [0.1, 0.15) is 0 Å². The average Bonchev–Trinajstić information content (AvgIpc) is 3.03. The lowest BCUT2D eigenvalue weighted by Gasteiger charge is -2.08. The second-order valence-electron chi connectivity index (χ2n) is 4.25. The molecule has 22 heavy (non-hydrogen) atoms. The van der Waals surface area contributed by atoms with Gasteiger partial charge in [-0.3, -0.25) is 4.72 Å². The quantitative estimate of drug-likeness (QED) is 0.763. The van der Waals surface area contributed by atoms with E-state index in [1.807, 2.05) is 12.1 Å². The molecule has 0 aliphatic heterocycles. The molecule has 112 valence electrons. The van der Waals surface area contributed by atoms with Gasteiger partial charge in [-0.15, -0.1) is 10.2 Å². The molecule has 1 aromatic heterocycles. The highest BCUT2D eigenvalue weighted by molar-refractivity contribution is 8.01. The minimum Gasteiger partial charge on any atom is -0.280 e. The Kier molecular flexibility index (Phi) is 4.41. The van der Waals surface area contributed by atoms with Crippen LogP contribution in [0.5, 0.6) is 0 Å². The summed E-state index contributed by atoms with van der Waals surface area (Å²) < 4.78 is 27.8. The molecule has 0 saturated heterocycles. The first-order valence-corrected chi connectivity index (χ1v) is 9.43. The molecule has 0 saturated carbocycles. The number of anilines is 1. The van der Waals surface area contributed by atoms with Crippen molar-refractivity contribution in [1.29, 1.82) is 0 Å². The monoisotopic (exact) mass is 349 g/mol. The number of benzene rings is 2. The van der Waals surface area contributed by atoms with Crippen molar-refractivity contribution in [1.82, 2.24) is 10.2 Å². The third-order valence-electron chi connectivity index (χ3n) is 2.71. The zero-order valence-corrected chi connectivity index (χ0v) is 13.7. The summed E-state index contributed by atoms with van der Waals surface area (Å²) in [5.41, 5.74) is 2.19. The van der Waals surface area contributed by atoms with E-state index in [0.29, 0.717) is 5.69 Å². The molecular formula is C14H11N3O2S3. The van der Waals surface area contributed by atoms with Gasteiger partial charge in [-0.2, -0.15) is 0 Å². The van der Waals surface area contributed by atoms with Crippen molar-refractivity contribution in [2.75, 3.05) is 4.72 Å². The van der Waals surface area contributed by atoms with E-state index in [1.54, 1.807) is 48.0 Å². The molecule has 0 aliphatic rings. The van der Waals surface area contributed by atoms with Gasteiger partial charge in [-0.05, 0) is 36.4 Å². The number of hydrogen-bond acceptors (Lipinski definition) is 6. The van der Waals surface area contributed by atoms with Gasteiger partial charge in [0, 0.05) is 10.6 Å². The number of nitrogens with zero attached hydrogens (tertiary/aromatic N) is 2. The first-order valence-electron chi connectivity index (χ1n) is 6.25. The Labute approximate surface area is 136 Å². The average molecular weight is 349 g/mol. The zero-order chi connectivity index (χ0) is 15.4. The first kappa shape index (κ1) is 15.0. The third kappa shape index (κ3) is 3.65. The summed E-state index contributed by atoms with van der Waals surface area (Å²) in [6.07, 6.45) is 0. The van der Waals surface area contributed by atoms with Crippen LogP contribution in [0.3, 0.4) is 0 Å². The van der Waals surface area contributed by atoms with E-state index >= 15 is 0 Å². The molecule has 2 aromatic carbocycles. The van der Waals surface area contributed by atoms with Crippen molar-refractivity contribution >= 4 is 38.8 Å². The van der Waals surface area contributed by atoms with E-state index in [1.165, 1.54) is 23.1 Å². The number of hydrogen-bond donors (Lipinski definition) is 1. The fourth-order valence-corrected chi connectivity index (χ4v) is 4.24. The van der Waals surface area contributed by atoms with Gasteiger partial charge >= 0.3 is 0 Å². The molecule has 3 aromatic rings. The van der Waals surface area contributed by atoms with Gasteiger partial charge in [0.05, 0.1) is 4.90 Å². The van der Waals surface area contributed by atoms with Crippen molar-refractivity contribution in [3.05, 3.63) is 60.1 Å². The summed E-state index contributed by atoms with van der Waals surface area (Å²) in [5.74, 6) is 0. The van der Waals surface area contributed by atoms with Crippen molar-refractivity contribution in [3.63, 3.8) is 0 Å². The van der Waals surface area contributed by atoms with Crippen molar-refractivity contribution < 1.29 is 8.42 Å². The fourth-order valence-electron chi connectivity index (χ4n) is 1.71. The van der Waals surface area contributed by atoms with Gasteiger partial charge in [-0.1, -0.05) is 41.3 Å². The number of aromatic nitrogens is 2. The second kappa shape index (κ2) is 6.47. The fraction of sp³-hybridized carbons (Fsp3) is 0. The van der Waals surface area contributed by atoms with E-state index in [0.717, 1.165) is 9.24 Å². The van der Waals surface area contributed by atoms with E-state index in [-0.39, 0.29) is 4.90 Å². The summed E-state index contributed by atoms with van der Waals surface area (Å²) in [6.45, 7) is 0. The maximum absolute atomic E-state index is 12.2. The molecule has 3 rings (SSSR count). The molecule has 0 bridgehead atoms.